The van der Waals surface area contributed by atoms with E-state index in [1.54, 1.807) is 62.1 Å². The molecule has 240 valence electrons. The first-order chi connectivity index (χ1) is 21.4. The Kier molecular flexibility index (Phi) is 10.9. The normalized spacial score (nSPS) is 12.4. The predicted octanol–water partition coefficient (Wildman–Crippen LogP) is 4.76. The molecule has 0 saturated heterocycles. The van der Waals surface area contributed by atoms with E-state index in [2.05, 4.69) is 10.3 Å². The molecular formula is C33H40N4O7S. The lowest BCUT2D eigenvalue weighted by Crippen LogP contribution is -2.27. The molecule has 0 bridgehead atoms. The van der Waals surface area contributed by atoms with Crippen LogP contribution in [0.4, 0.5) is 0 Å². The molecule has 0 aliphatic rings. The number of aryl methyl sites for hydroxylation is 2. The Labute approximate surface area is 264 Å². The molecule has 1 atom stereocenters. The molecule has 0 radical (unpaired) electrons. The Bertz CT molecular complexity index is 1750. The van der Waals surface area contributed by atoms with Gasteiger partial charge >= 0.3 is 11.9 Å². The molecule has 4 aromatic rings. The zero-order valence-electron chi connectivity index (χ0n) is 26.5. The molecule has 11 nitrogen and oxygen atoms in total. The first-order valence-corrected chi connectivity index (χ1v) is 16.2. The highest BCUT2D eigenvalue weighted by molar-refractivity contribution is 7.89. The van der Waals surface area contributed by atoms with Crippen molar-refractivity contribution in [2.75, 3.05) is 26.9 Å². The van der Waals surface area contributed by atoms with E-state index >= 15 is 0 Å². The van der Waals surface area contributed by atoms with Crippen molar-refractivity contribution in [3.05, 3.63) is 82.9 Å². The maximum Gasteiger partial charge on any atom is 0.344 e. The Morgan fingerprint density at radius 2 is 1.71 bits per heavy atom. The zero-order valence-corrected chi connectivity index (χ0v) is 27.3. The fraction of sp³-hybridized carbons (Fsp3) is 0.394. The van der Waals surface area contributed by atoms with Gasteiger partial charge in [-0.05, 0) is 66.3 Å². The minimum Gasteiger partial charge on any atom is -0.480 e. The quantitative estimate of drug-likeness (QED) is 0.180. The topological polar surface area (TPSA) is 130 Å². The van der Waals surface area contributed by atoms with E-state index in [9.17, 15) is 18.0 Å². The number of benzene rings is 3. The number of sulfonamides is 1. The maximum absolute atomic E-state index is 13.3. The van der Waals surface area contributed by atoms with Crippen molar-refractivity contribution in [2.45, 2.75) is 51.5 Å². The van der Waals surface area contributed by atoms with Crippen LogP contribution in [0.1, 0.15) is 55.4 Å². The number of fused-ring (bicyclic) bond motifs is 1. The summed E-state index contributed by atoms with van der Waals surface area (Å²) in [7, 11) is -0.461. The van der Waals surface area contributed by atoms with Gasteiger partial charge < -0.3 is 14.2 Å². The average Bonchev–Trinajstić information content (AvgIpc) is 3.39. The van der Waals surface area contributed by atoms with Crippen LogP contribution in [0, 0.1) is 12.8 Å². The summed E-state index contributed by atoms with van der Waals surface area (Å²) in [6, 6.07) is 17.6. The number of ether oxygens (including phenoxy) is 3. The predicted molar refractivity (Wildman–Crippen MR) is 169 cm³/mol. The number of nitrogens with zero attached hydrogens (tertiary/aromatic N) is 4. The first kappa shape index (κ1) is 33.6. The summed E-state index contributed by atoms with van der Waals surface area (Å²) in [5.74, 6) is -0.843. The van der Waals surface area contributed by atoms with E-state index in [4.69, 9.17) is 14.2 Å². The molecule has 0 fully saturated rings. The third-order valence-corrected chi connectivity index (χ3v) is 9.13. The summed E-state index contributed by atoms with van der Waals surface area (Å²) >= 11 is 0. The molecule has 1 heterocycles. The van der Waals surface area contributed by atoms with Gasteiger partial charge in [-0.1, -0.05) is 55.5 Å². The molecule has 0 spiro atoms. The van der Waals surface area contributed by atoms with E-state index < -0.39 is 27.9 Å². The standard InChI is InChI=1S/C33H40N4O7S/c1-7-42-31(38)18-28(24-14-13-23(4)26(15-24)19-36(5)45(40,41)27-11-9-8-10-12-27)25-16-29-33(37(6)35-34-29)30(17-25)43-21-32(39)44-20-22(2)3/h8-17,22,28H,7,18-21H2,1-6H3. The van der Waals surface area contributed by atoms with Gasteiger partial charge in [0.05, 0.1) is 24.5 Å². The fourth-order valence-corrected chi connectivity index (χ4v) is 6.08. The van der Waals surface area contributed by atoms with Crippen LogP contribution in [0.15, 0.2) is 65.6 Å². The molecule has 0 saturated carbocycles. The second-order valence-corrected chi connectivity index (χ2v) is 13.3. The number of aromatic nitrogens is 3. The van der Waals surface area contributed by atoms with Crippen molar-refractivity contribution >= 4 is 33.0 Å². The zero-order chi connectivity index (χ0) is 32.7. The van der Waals surface area contributed by atoms with Crippen LogP contribution in [-0.4, -0.2) is 66.5 Å². The third kappa shape index (κ3) is 8.25. The number of rotatable bonds is 14. The smallest absolute Gasteiger partial charge is 0.344 e. The second-order valence-electron chi connectivity index (χ2n) is 11.3. The molecular weight excluding hydrogens is 596 g/mol. The van der Waals surface area contributed by atoms with Crippen molar-refractivity contribution in [3.8, 4) is 5.75 Å². The summed E-state index contributed by atoms with van der Waals surface area (Å²) in [6.07, 6.45) is 0.0101. The maximum atomic E-state index is 13.3. The molecule has 12 heteroatoms. The van der Waals surface area contributed by atoms with Crippen LogP contribution in [0.2, 0.25) is 0 Å². The van der Waals surface area contributed by atoms with Crippen LogP contribution >= 0.6 is 0 Å². The minimum absolute atomic E-state index is 0.0101. The van der Waals surface area contributed by atoms with Gasteiger partial charge in [0.2, 0.25) is 10.0 Å². The molecule has 45 heavy (non-hydrogen) atoms. The lowest BCUT2D eigenvalue weighted by molar-refractivity contribution is -0.147. The van der Waals surface area contributed by atoms with Crippen molar-refractivity contribution in [2.24, 2.45) is 13.0 Å². The van der Waals surface area contributed by atoms with E-state index in [0.717, 1.165) is 16.7 Å². The van der Waals surface area contributed by atoms with Gasteiger partial charge in [0.25, 0.3) is 0 Å². The Balaban J connectivity index is 1.72. The van der Waals surface area contributed by atoms with E-state index in [-0.39, 0.29) is 43.6 Å². The van der Waals surface area contributed by atoms with Crippen LogP contribution in [0.5, 0.6) is 5.75 Å². The third-order valence-electron chi connectivity index (χ3n) is 7.31. The monoisotopic (exact) mass is 636 g/mol. The molecule has 1 aromatic heterocycles. The number of carbonyl (C=O) groups is 2. The molecule has 0 aliphatic carbocycles. The first-order valence-electron chi connectivity index (χ1n) is 14.8. The van der Waals surface area contributed by atoms with Crippen molar-refractivity contribution in [3.63, 3.8) is 0 Å². The minimum atomic E-state index is -3.73. The summed E-state index contributed by atoms with van der Waals surface area (Å²) in [4.78, 5) is 25.4. The van der Waals surface area contributed by atoms with E-state index in [0.29, 0.717) is 22.3 Å². The van der Waals surface area contributed by atoms with Gasteiger partial charge in [-0.15, -0.1) is 5.10 Å². The van der Waals surface area contributed by atoms with Crippen LogP contribution < -0.4 is 4.74 Å². The summed E-state index contributed by atoms with van der Waals surface area (Å²) < 4.78 is 45.9. The molecule has 3 aromatic carbocycles. The van der Waals surface area contributed by atoms with Crippen molar-refractivity contribution in [1.29, 1.82) is 0 Å². The largest absolute Gasteiger partial charge is 0.480 e. The van der Waals surface area contributed by atoms with Gasteiger partial charge in [-0.2, -0.15) is 4.31 Å². The van der Waals surface area contributed by atoms with Crippen LogP contribution in [-0.2, 0) is 42.7 Å². The number of carbonyl (C=O) groups excluding carboxylic acids is 2. The Morgan fingerprint density at radius 3 is 2.40 bits per heavy atom. The van der Waals surface area contributed by atoms with Crippen LogP contribution in [0.3, 0.4) is 0 Å². The van der Waals surface area contributed by atoms with Crippen LogP contribution in [0.25, 0.3) is 11.0 Å². The summed E-state index contributed by atoms with van der Waals surface area (Å²) in [6.45, 7) is 7.88. The highest BCUT2D eigenvalue weighted by Crippen LogP contribution is 2.36. The van der Waals surface area contributed by atoms with Gasteiger partial charge in [-0.3, -0.25) is 4.79 Å². The highest BCUT2D eigenvalue weighted by atomic mass is 32.2. The van der Waals surface area contributed by atoms with Gasteiger partial charge in [-0.25, -0.2) is 17.9 Å². The van der Waals surface area contributed by atoms with E-state index in [1.807, 2.05) is 45.0 Å². The summed E-state index contributed by atoms with van der Waals surface area (Å²) in [5, 5.41) is 8.40. The fourth-order valence-electron chi connectivity index (χ4n) is 4.91. The molecule has 0 amide bonds. The van der Waals surface area contributed by atoms with Crippen molar-refractivity contribution < 1.29 is 32.2 Å². The number of esters is 2. The van der Waals surface area contributed by atoms with Gasteiger partial charge in [0.15, 0.2) is 6.61 Å². The Morgan fingerprint density at radius 1 is 0.978 bits per heavy atom. The number of hydrogen-bond acceptors (Lipinski definition) is 9. The molecule has 4 rings (SSSR count). The van der Waals surface area contributed by atoms with Gasteiger partial charge in [0.1, 0.15) is 16.8 Å². The van der Waals surface area contributed by atoms with Gasteiger partial charge in [0, 0.05) is 26.6 Å². The second kappa shape index (κ2) is 14.7. The Hall–Kier alpha value is -4.29. The average molecular weight is 637 g/mol. The van der Waals surface area contributed by atoms with Crippen molar-refractivity contribution in [1.82, 2.24) is 19.3 Å². The summed E-state index contributed by atoms with van der Waals surface area (Å²) in [5.41, 5.74) is 4.27. The van der Waals surface area contributed by atoms with E-state index in [1.165, 1.54) is 4.31 Å². The highest BCUT2D eigenvalue weighted by Gasteiger charge is 2.25. The molecule has 0 aliphatic heterocycles. The molecule has 0 N–H and O–H groups in total. The SMILES string of the molecule is CCOC(=O)CC(c1ccc(C)c(CN(C)S(=O)(=O)c2ccccc2)c1)c1cc(OCC(=O)OCC(C)C)c2c(c1)nnn2C. The lowest BCUT2D eigenvalue weighted by Gasteiger charge is -2.22. The molecule has 1 unspecified atom stereocenters. The number of hydrogen-bond donors (Lipinski definition) is 0. The lowest BCUT2D eigenvalue weighted by atomic mass is 9.86.